The summed E-state index contributed by atoms with van der Waals surface area (Å²) in [6.45, 7) is 4.94. The summed E-state index contributed by atoms with van der Waals surface area (Å²) in [5.74, 6) is 0.833. The Morgan fingerprint density at radius 3 is 2.67 bits per heavy atom. The highest BCUT2D eigenvalue weighted by Crippen LogP contribution is 2.25. The molecule has 1 aromatic carbocycles. The van der Waals surface area contributed by atoms with E-state index in [-0.39, 0.29) is 0 Å². The Hall–Kier alpha value is -1.81. The molecule has 0 fully saturated rings. The summed E-state index contributed by atoms with van der Waals surface area (Å²) in [5, 5.41) is 7.78. The van der Waals surface area contributed by atoms with E-state index in [9.17, 15) is 0 Å². The van der Waals surface area contributed by atoms with E-state index in [1.54, 1.807) is 7.11 Å². The maximum absolute atomic E-state index is 5.39. The summed E-state index contributed by atoms with van der Waals surface area (Å²) in [7, 11) is 3.62. The van der Waals surface area contributed by atoms with Crippen LogP contribution < -0.4 is 10.1 Å². The molecule has 1 N–H and O–H groups in total. The van der Waals surface area contributed by atoms with Crippen LogP contribution in [0, 0.1) is 13.8 Å². The zero-order chi connectivity index (χ0) is 13.1. The molecule has 18 heavy (non-hydrogen) atoms. The Balaban J connectivity index is 2.54. The van der Waals surface area contributed by atoms with E-state index in [1.807, 2.05) is 42.9 Å². The summed E-state index contributed by atoms with van der Waals surface area (Å²) in [6, 6.07) is 7.92. The van der Waals surface area contributed by atoms with Crippen molar-refractivity contribution in [3.05, 3.63) is 41.2 Å². The van der Waals surface area contributed by atoms with E-state index in [4.69, 9.17) is 4.74 Å². The topological polar surface area (TPSA) is 39.1 Å². The van der Waals surface area contributed by atoms with Crippen LogP contribution in [0.3, 0.4) is 0 Å². The third-order valence-corrected chi connectivity index (χ3v) is 3.11. The van der Waals surface area contributed by atoms with Crippen LogP contribution in [-0.2, 0) is 6.54 Å². The lowest BCUT2D eigenvalue weighted by Crippen LogP contribution is -2.07. The van der Waals surface area contributed by atoms with Gasteiger partial charge in [0.1, 0.15) is 11.4 Å². The van der Waals surface area contributed by atoms with Crippen molar-refractivity contribution in [1.29, 1.82) is 0 Å². The second-order valence-corrected chi connectivity index (χ2v) is 4.26. The average molecular weight is 245 g/mol. The van der Waals surface area contributed by atoms with Gasteiger partial charge < -0.3 is 10.1 Å². The minimum atomic E-state index is 0.826. The van der Waals surface area contributed by atoms with Crippen LogP contribution in [0.25, 0.3) is 5.69 Å². The molecule has 0 radical (unpaired) electrons. The van der Waals surface area contributed by atoms with Crippen molar-refractivity contribution >= 4 is 0 Å². The molecule has 0 unspecified atom stereocenters. The molecule has 0 aliphatic heterocycles. The molecule has 4 heteroatoms. The number of methoxy groups -OCH3 is 1. The van der Waals surface area contributed by atoms with Gasteiger partial charge >= 0.3 is 0 Å². The van der Waals surface area contributed by atoms with Gasteiger partial charge in [-0.05, 0) is 33.0 Å². The molecule has 1 heterocycles. The van der Waals surface area contributed by atoms with E-state index in [1.165, 1.54) is 5.56 Å². The summed E-state index contributed by atoms with van der Waals surface area (Å²) in [6.07, 6.45) is 0. The molecule has 1 aromatic heterocycles. The predicted octanol–water partition coefficient (Wildman–Crippen LogP) is 2.22. The first kappa shape index (κ1) is 12.6. The molecule has 0 saturated carbocycles. The Morgan fingerprint density at radius 2 is 2.00 bits per heavy atom. The van der Waals surface area contributed by atoms with E-state index >= 15 is 0 Å². The number of ether oxygens (including phenoxy) is 1. The van der Waals surface area contributed by atoms with Crippen LogP contribution in [0.15, 0.2) is 24.3 Å². The maximum atomic E-state index is 5.39. The fraction of sp³-hybridized carbons (Fsp3) is 0.357. The number of rotatable bonds is 4. The first-order chi connectivity index (χ1) is 8.69. The lowest BCUT2D eigenvalue weighted by atomic mass is 10.2. The number of nitrogens with zero attached hydrogens (tertiary/aromatic N) is 2. The fourth-order valence-corrected chi connectivity index (χ4v) is 2.15. The van der Waals surface area contributed by atoms with Crippen molar-refractivity contribution in [3.8, 4) is 11.4 Å². The van der Waals surface area contributed by atoms with Gasteiger partial charge in [-0.25, -0.2) is 4.68 Å². The second-order valence-electron chi connectivity index (χ2n) is 4.26. The largest absolute Gasteiger partial charge is 0.494 e. The van der Waals surface area contributed by atoms with E-state index in [0.717, 1.165) is 29.4 Å². The first-order valence-electron chi connectivity index (χ1n) is 6.02. The summed E-state index contributed by atoms with van der Waals surface area (Å²) >= 11 is 0. The number of hydrogen-bond acceptors (Lipinski definition) is 3. The van der Waals surface area contributed by atoms with Gasteiger partial charge in [-0.2, -0.15) is 5.10 Å². The number of aryl methyl sites for hydroxylation is 1. The van der Waals surface area contributed by atoms with Crippen LogP contribution in [0.4, 0.5) is 0 Å². The third-order valence-electron chi connectivity index (χ3n) is 3.11. The molecule has 0 atom stereocenters. The molecule has 0 amide bonds. The Labute approximate surface area is 108 Å². The van der Waals surface area contributed by atoms with Crippen LogP contribution in [0.1, 0.15) is 17.0 Å². The molecule has 0 aliphatic rings. The highest BCUT2D eigenvalue weighted by Gasteiger charge is 2.14. The standard InChI is InChI=1S/C14H19N3O/c1-10-12(9-15-3)11(2)17(16-10)13-7-5-6-8-14(13)18-4/h5-8,15H,9H2,1-4H3. The number of nitrogens with one attached hydrogen (secondary N) is 1. The summed E-state index contributed by atoms with van der Waals surface area (Å²) in [4.78, 5) is 0. The maximum Gasteiger partial charge on any atom is 0.144 e. The molecular formula is C14H19N3O. The van der Waals surface area contributed by atoms with Crippen LogP contribution in [0.2, 0.25) is 0 Å². The van der Waals surface area contributed by atoms with Gasteiger partial charge in [-0.3, -0.25) is 0 Å². The van der Waals surface area contributed by atoms with Gasteiger partial charge in [-0.1, -0.05) is 12.1 Å². The number of benzene rings is 1. The van der Waals surface area contributed by atoms with Gasteiger partial charge in [0, 0.05) is 17.8 Å². The van der Waals surface area contributed by atoms with Gasteiger partial charge in [0.05, 0.1) is 12.8 Å². The van der Waals surface area contributed by atoms with Crippen molar-refractivity contribution < 1.29 is 4.74 Å². The Morgan fingerprint density at radius 1 is 1.28 bits per heavy atom. The van der Waals surface area contributed by atoms with Gasteiger partial charge in [0.25, 0.3) is 0 Å². The predicted molar refractivity (Wildman–Crippen MR) is 72.4 cm³/mol. The normalized spacial score (nSPS) is 10.7. The van der Waals surface area contributed by atoms with E-state index < -0.39 is 0 Å². The van der Waals surface area contributed by atoms with Crippen molar-refractivity contribution in [2.24, 2.45) is 0 Å². The quantitative estimate of drug-likeness (QED) is 0.897. The van der Waals surface area contributed by atoms with E-state index in [2.05, 4.69) is 17.3 Å². The molecule has 0 spiro atoms. The van der Waals surface area contributed by atoms with Crippen LogP contribution >= 0.6 is 0 Å². The Bertz CT molecular complexity index is 546. The molecular weight excluding hydrogens is 226 g/mol. The number of aromatic nitrogens is 2. The highest BCUT2D eigenvalue weighted by molar-refractivity contribution is 5.48. The smallest absolute Gasteiger partial charge is 0.144 e. The number of para-hydroxylation sites is 2. The first-order valence-corrected chi connectivity index (χ1v) is 6.02. The van der Waals surface area contributed by atoms with Crippen LogP contribution in [-0.4, -0.2) is 23.9 Å². The summed E-state index contributed by atoms with van der Waals surface area (Å²) in [5.41, 5.74) is 4.41. The van der Waals surface area contributed by atoms with Gasteiger partial charge in [-0.15, -0.1) is 0 Å². The molecule has 0 aliphatic carbocycles. The summed E-state index contributed by atoms with van der Waals surface area (Å²) < 4.78 is 7.33. The molecule has 2 aromatic rings. The van der Waals surface area contributed by atoms with Gasteiger partial charge in [0.15, 0.2) is 0 Å². The van der Waals surface area contributed by atoms with Crippen molar-refractivity contribution in [2.45, 2.75) is 20.4 Å². The minimum Gasteiger partial charge on any atom is -0.494 e. The SMILES string of the molecule is CNCc1c(C)nn(-c2ccccc2OC)c1C. The lowest BCUT2D eigenvalue weighted by Gasteiger charge is -2.10. The number of hydrogen-bond donors (Lipinski definition) is 1. The fourth-order valence-electron chi connectivity index (χ4n) is 2.15. The van der Waals surface area contributed by atoms with E-state index in [0.29, 0.717) is 0 Å². The van der Waals surface area contributed by atoms with Crippen molar-refractivity contribution in [2.75, 3.05) is 14.2 Å². The van der Waals surface area contributed by atoms with Crippen LogP contribution in [0.5, 0.6) is 5.75 Å². The monoisotopic (exact) mass is 245 g/mol. The zero-order valence-electron chi connectivity index (χ0n) is 11.3. The molecule has 0 saturated heterocycles. The second kappa shape index (κ2) is 5.23. The molecule has 2 rings (SSSR count). The lowest BCUT2D eigenvalue weighted by molar-refractivity contribution is 0.411. The van der Waals surface area contributed by atoms with Crippen molar-refractivity contribution in [1.82, 2.24) is 15.1 Å². The molecule has 4 nitrogen and oxygen atoms in total. The zero-order valence-corrected chi connectivity index (χ0v) is 11.3. The Kier molecular flexibility index (Phi) is 3.67. The third kappa shape index (κ3) is 2.11. The highest BCUT2D eigenvalue weighted by atomic mass is 16.5. The van der Waals surface area contributed by atoms with Gasteiger partial charge in [0.2, 0.25) is 0 Å². The minimum absolute atomic E-state index is 0.826. The molecule has 96 valence electrons. The molecule has 0 bridgehead atoms. The average Bonchev–Trinajstić information content (AvgIpc) is 2.67. The van der Waals surface area contributed by atoms with Crippen molar-refractivity contribution in [3.63, 3.8) is 0 Å².